The van der Waals surface area contributed by atoms with Gasteiger partial charge in [0.25, 0.3) is 10.0 Å². The van der Waals surface area contributed by atoms with Crippen molar-refractivity contribution in [1.29, 1.82) is 0 Å². The summed E-state index contributed by atoms with van der Waals surface area (Å²) in [6.07, 6.45) is -0.549. The maximum Gasteiger partial charge on any atom is 0.303 e. The number of ether oxygens (including phenoxy) is 2. The number of carboxylic acid groups (broad SMARTS) is 1. The molecule has 1 atom stereocenters. The third kappa shape index (κ3) is 5.23. The van der Waals surface area contributed by atoms with Gasteiger partial charge in [0.1, 0.15) is 23.4 Å². The largest absolute Gasteiger partial charge is 0.497 e. The van der Waals surface area contributed by atoms with Gasteiger partial charge < -0.3 is 19.5 Å². The normalized spacial score (nSPS) is 15.1. The summed E-state index contributed by atoms with van der Waals surface area (Å²) in [4.78, 5) is 17.9. The first-order valence-corrected chi connectivity index (χ1v) is 12.9. The Morgan fingerprint density at radius 3 is 2.64 bits per heavy atom. The molecule has 0 radical (unpaired) electrons. The minimum atomic E-state index is -3.95. The Bertz CT molecular complexity index is 1390. The first-order chi connectivity index (χ1) is 17.1. The van der Waals surface area contributed by atoms with Gasteiger partial charge in [-0.05, 0) is 49.2 Å². The van der Waals surface area contributed by atoms with Crippen molar-refractivity contribution in [2.45, 2.75) is 30.8 Å². The Kier molecular flexibility index (Phi) is 7.07. The van der Waals surface area contributed by atoms with E-state index in [4.69, 9.17) is 19.6 Å². The number of methoxy groups -OCH3 is 1. The number of rotatable bonds is 8. The van der Waals surface area contributed by atoms with Crippen molar-refractivity contribution in [3.05, 3.63) is 60.2 Å². The minimum absolute atomic E-state index is 0.00546. The smallest absolute Gasteiger partial charge is 0.303 e. The highest BCUT2D eigenvalue weighted by atomic mass is 32.2. The summed E-state index contributed by atoms with van der Waals surface area (Å²) >= 11 is 0. The SMILES string of the molecule is COc1cc(-c2ccc3c(c2)N(S(=O)(=O)c2cccc(C)c2)C[C@H](CCC(=O)O)O3)nc(N(C)C)c1. The van der Waals surface area contributed by atoms with Crippen molar-refractivity contribution >= 4 is 27.5 Å². The number of hydrogen-bond acceptors (Lipinski definition) is 7. The fourth-order valence-electron chi connectivity index (χ4n) is 4.02. The van der Waals surface area contributed by atoms with Crippen molar-refractivity contribution in [1.82, 2.24) is 4.98 Å². The van der Waals surface area contributed by atoms with E-state index in [1.165, 1.54) is 4.31 Å². The van der Waals surface area contributed by atoms with Gasteiger partial charge in [-0.15, -0.1) is 0 Å². The quantitative estimate of drug-likeness (QED) is 0.484. The molecule has 3 aromatic rings. The summed E-state index contributed by atoms with van der Waals surface area (Å²) < 4.78 is 40.4. The number of sulfonamides is 1. The highest BCUT2D eigenvalue weighted by Gasteiger charge is 2.35. The van der Waals surface area contributed by atoms with E-state index in [-0.39, 0.29) is 24.3 Å². The van der Waals surface area contributed by atoms with Gasteiger partial charge in [0.2, 0.25) is 0 Å². The van der Waals surface area contributed by atoms with Crippen LogP contribution in [0.3, 0.4) is 0 Å². The number of nitrogens with zero attached hydrogens (tertiary/aromatic N) is 3. The molecule has 0 aliphatic carbocycles. The number of anilines is 2. The minimum Gasteiger partial charge on any atom is -0.497 e. The van der Waals surface area contributed by atoms with Crippen LogP contribution in [-0.2, 0) is 14.8 Å². The fraction of sp³-hybridized carbons (Fsp3) is 0.308. The molecule has 1 aliphatic rings. The van der Waals surface area contributed by atoms with Gasteiger partial charge in [-0.3, -0.25) is 9.10 Å². The molecule has 190 valence electrons. The molecular weight excluding hydrogens is 482 g/mol. The zero-order valence-electron chi connectivity index (χ0n) is 20.6. The lowest BCUT2D eigenvalue weighted by Crippen LogP contribution is -2.43. The van der Waals surface area contributed by atoms with Crippen LogP contribution < -0.4 is 18.7 Å². The van der Waals surface area contributed by atoms with Crippen molar-refractivity contribution in [3.63, 3.8) is 0 Å². The van der Waals surface area contributed by atoms with E-state index in [0.29, 0.717) is 34.3 Å². The number of carboxylic acids is 1. The van der Waals surface area contributed by atoms with Crippen LogP contribution in [0.4, 0.5) is 11.5 Å². The molecule has 0 bridgehead atoms. The average Bonchev–Trinajstić information content (AvgIpc) is 2.86. The average molecular weight is 512 g/mol. The van der Waals surface area contributed by atoms with E-state index in [9.17, 15) is 13.2 Å². The van der Waals surface area contributed by atoms with Gasteiger partial charge in [-0.2, -0.15) is 0 Å². The molecule has 1 N–H and O–H groups in total. The molecule has 1 aromatic heterocycles. The molecule has 2 heterocycles. The van der Waals surface area contributed by atoms with E-state index in [1.54, 1.807) is 49.6 Å². The molecule has 2 aromatic carbocycles. The van der Waals surface area contributed by atoms with E-state index in [1.807, 2.05) is 38.1 Å². The van der Waals surface area contributed by atoms with E-state index >= 15 is 0 Å². The highest BCUT2D eigenvalue weighted by Crippen LogP contribution is 2.41. The zero-order valence-corrected chi connectivity index (χ0v) is 21.4. The summed E-state index contributed by atoms with van der Waals surface area (Å²) in [5, 5.41) is 9.13. The molecule has 0 fully saturated rings. The highest BCUT2D eigenvalue weighted by molar-refractivity contribution is 7.92. The van der Waals surface area contributed by atoms with Gasteiger partial charge in [0.15, 0.2) is 0 Å². The third-order valence-corrected chi connectivity index (χ3v) is 7.70. The number of pyridine rings is 1. The van der Waals surface area contributed by atoms with Gasteiger partial charge >= 0.3 is 5.97 Å². The lowest BCUT2D eigenvalue weighted by atomic mass is 10.1. The molecule has 0 saturated heterocycles. The third-order valence-electron chi connectivity index (χ3n) is 5.92. The van der Waals surface area contributed by atoms with Crippen LogP contribution in [-0.4, -0.2) is 58.3 Å². The summed E-state index contributed by atoms with van der Waals surface area (Å²) in [5.41, 5.74) is 2.49. The molecule has 0 saturated carbocycles. The van der Waals surface area contributed by atoms with Crippen molar-refractivity contribution in [2.24, 2.45) is 0 Å². The van der Waals surface area contributed by atoms with Crippen LogP contribution in [0.2, 0.25) is 0 Å². The number of aromatic nitrogens is 1. The topological polar surface area (TPSA) is 109 Å². The Morgan fingerprint density at radius 2 is 1.97 bits per heavy atom. The Balaban J connectivity index is 1.82. The van der Waals surface area contributed by atoms with Gasteiger partial charge in [-0.1, -0.05) is 12.1 Å². The molecular formula is C26H29N3O6S. The van der Waals surface area contributed by atoms with Crippen LogP contribution in [0, 0.1) is 6.92 Å². The molecule has 0 unspecified atom stereocenters. The first kappa shape index (κ1) is 25.3. The number of hydrogen-bond donors (Lipinski definition) is 1. The number of benzene rings is 2. The van der Waals surface area contributed by atoms with E-state index in [0.717, 1.165) is 5.56 Å². The molecule has 0 amide bonds. The summed E-state index contributed by atoms with van der Waals surface area (Å²) in [5.74, 6) is 0.716. The predicted octanol–water partition coefficient (Wildman–Crippen LogP) is 3.95. The zero-order chi connectivity index (χ0) is 26.0. The second kappa shape index (κ2) is 10.1. The molecule has 10 heteroatoms. The van der Waals surface area contributed by atoms with Crippen LogP contribution in [0.15, 0.2) is 59.5 Å². The maximum absolute atomic E-state index is 13.8. The van der Waals surface area contributed by atoms with Gasteiger partial charge in [0, 0.05) is 38.2 Å². The van der Waals surface area contributed by atoms with Crippen LogP contribution in [0.5, 0.6) is 11.5 Å². The van der Waals surface area contributed by atoms with Crippen molar-refractivity contribution in [3.8, 4) is 22.8 Å². The first-order valence-electron chi connectivity index (χ1n) is 11.4. The predicted molar refractivity (Wildman–Crippen MR) is 138 cm³/mol. The summed E-state index contributed by atoms with van der Waals surface area (Å²) in [6, 6.07) is 15.5. The van der Waals surface area contributed by atoms with Gasteiger partial charge in [-0.25, -0.2) is 13.4 Å². The van der Waals surface area contributed by atoms with E-state index < -0.39 is 22.1 Å². The maximum atomic E-state index is 13.8. The number of aryl methyl sites for hydroxylation is 1. The number of carbonyl (C=O) groups is 1. The molecule has 36 heavy (non-hydrogen) atoms. The Hall–Kier alpha value is -3.79. The summed E-state index contributed by atoms with van der Waals surface area (Å²) in [6.45, 7) is 1.82. The standard InChI is InChI=1S/C26H29N3O6S/c1-17-6-5-7-21(12-17)36(32,33)29-16-19(9-11-26(30)31)35-24-10-8-18(13-23(24)29)22-14-20(34-4)15-25(27-22)28(2)3/h5-8,10,12-15,19H,9,11,16H2,1-4H3,(H,30,31)/t19-/m0/s1. The molecule has 9 nitrogen and oxygen atoms in total. The second-order valence-electron chi connectivity index (χ2n) is 8.85. The van der Waals surface area contributed by atoms with Crippen molar-refractivity contribution in [2.75, 3.05) is 37.0 Å². The second-order valence-corrected chi connectivity index (χ2v) is 10.7. The number of fused-ring (bicyclic) bond motifs is 1. The lowest BCUT2D eigenvalue weighted by molar-refractivity contribution is -0.137. The van der Waals surface area contributed by atoms with E-state index in [2.05, 4.69) is 0 Å². The molecule has 0 spiro atoms. The van der Waals surface area contributed by atoms with Crippen LogP contribution in [0.25, 0.3) is 11.3 Å². The molecule has 1 aliphatic heterocycles. The lowest BCUT2D eigenvalue weighted by Gasteiger charge is -2.35. The van der Waals surface area contributed by atoms with Crippen LogP contribution in [0.1, 0.15) is 18.4 Å². The Labute approximate surface area is 211 Å². The fourth-order valence-corrected chi connectivity index (χ4v) is 5.63. The molecule has 4 rings (SSSR count). The van der Waals surface area contributed by atoms with Gasteiger partial charge in [0.05, 0.1) is 29.9 Å². The summed E-state index contributed by atoms with van der Waals surface area (Å²) in [7, 11) is 1.38. The number of aliphatic carboxylic acids is 1. The monoisotopic (exact) mass is 511 g/mol. The van der Waals surface area contributed by atoms with Crippen molar-refractivity contribution < 1.29 is 27.8 Å². The Morgan fingerprint density at radius 1 is 1.19 bits per heavy atom. The van der Waals surface area contributed by atoms with Crippen LogP contribution >= 0.6 is 0 Å².